The van der Waals surface area contributed by atoms with Crippen LogP contribution in [0.15, 0.2) is 34.9 Å². The highest BCUT2D eigenvalue weighted by molar-refractivity contribution is 5.74. The number of nitrogens with one attached hydrogen (secondary N) is 1. The van der Waals surface area contributed by atoms with Crippen molar-refractivity contribution < 1.29 is 9.32 Å². The van der Waals surface area contributed by atoms with Gasteiger partial charge in [-0.05, 0) is 13.8 Å². The number of urea groups is 1. The summed E-state index contributed by atoms with van der Waals surface area (Å²) in [7, 11) is 0. The van der Waals surface area contributed by atoms with Gasteiger partial charge in [-0.2, -0.15) is 4.98 Å². The van der Waals surface area contributed by atoms with Crippen LogP contribution in [0.4, 0.5) is 4.79 Å². The third-order valence-corrected chi connectivity index (χ3v) is 3.17. The minimum absolute atomic E-state index is 0.0669. The monoisotopic (exact) mass is 288 g/mol. The number of hydrogen-bond acceptors (Lipinski definition) is 4. The molecule has 0 unspecified atom stereocenters. The maximum atomic E-state index is 11.8. The fourth-order valence-electron chi connectivity index (χ4n) is 1.96. The molecule has 0 aliphatic rings. The van der Waals surface area contributed by atoms with Crippen molar-refractivity contribution in [3.63, 3.8) is 0 Å². The van der Waals surface area contributed by atoms with Gasteiger partial charge in [0, 0.05) is 31.6 Å². The van der Waals surface area contributed by atoms with Gasteiger partial charge in [0.05, 0.1) is 0 Å². The lowest BCUT2D eigenvalue weighted by atomic mass is 10.2. The van der Waals surface area contributed by atoms with Crippen LogP contribution in [0.25, 0.3) is 11.4 Å². The molecular weight excluding hydrogens is 268 g/mol. The molecule has 0 saturated heterocycles. The van der Waals surface area contributed by atoms with Gasteiger partial charge in [0.2, 0.25) is 11.7 Å². The molecule has 1 aromatic carbocycles. The third-order valence-electron chi connectivity index (χ3n) is 3.17. The first-order chi connectivity index (χ1) is 10.2. The van der Waals surface area contributed by atoms with Crippen molar-refractivity contribution in [2.24, 2.45) is 0 Å². The summed E-state index contributed by atoms with van der Waals surface area (Å²) in [5.41, 5.74) is 0.916. The van der Waals surface area contributed by atoms with Gasteiger partial charge in [0.25, 0.3) is 0 Å². The number of aromatic nitrogens is 2. The molecule has 21 heavy (non-hydrogen) atoms. The topological polar surface area (TPSA) is 71.3 Å². The van der Waals surface area contributed by atoms with Gasteiger partial charge in [0.1, 0.15) is 0 Å². The largest absolute Gasteiger partial charge is 0.339 e. The third kappa shape index (κ3) is 4.05. The molecule has 1 aromatic heterocycles. The summed E-state index contributed by atoms with van der Waals surface area (Å²) in [6, 6.07) is 9.58. The Kier molecular flexibility index (Phi) is 5.31. The van der Waals surface area contributed by atoms with Crippen LogP contribution < -0.4 is 5.32 Å². The Morgan fingerprint density at radius 1 is 1.24 bits per heavy atom. The van der Waals surface area contributed by atoms with Crippen LogP contribution in [0.1, 0.15) is 19.7 Å². The van der Waals surface area contributed by atoms with Crippen LogP contribution >= 0.6 is 0 Å². The molecule has 0 fully saturated rings. The van der Waals surface area contributed by atoms with Crippen LogP contribution in [0.5, 0.6) is 0 Å². The summed E-state index contributed by atoms with van der Waals surface area (Å²) in [4.78, 5) is 17.8. The Bertz CT molecular complexity index is 564. The predicted octanol–water partition coefficient (Wildman–Crippen LogP) is 2.33. The van der Waals surface area contributed by atoms with Crippen LogP contribution in [0.2, 0.25) is 0 Å². The molecule has 0 aliphatic heterocycles. The van der Waals surface area contributed by atoms with Crippen molar-refractivity contribution in [3.05, 3.63) is 36.2 Å². The van der Waals surface area contributed by atoms with E-state index in [2.05, 4.69) is 15.5 Å². The molecule has 0 radical (unpaired) electrons. The number of hydrogen-bond donors (Lipinski definition) is 1. The second kappa shape index (κ2) is 7.42. The standard InChI is InChI=1S/C15H20N4O2/c1-3-19(4-2)15(20)16-11-10-13-17-14(18-21-13)12-8-6-5-7-9-12/h5-9H,3-4,10-11H2,1-2H3,(H,16,20). The number of amides is 2. The molecule has 1 N–H and O–H groups in total. The van der Waals surface area contributed by atoms with E-state index in [-0.39, 0.29) is 6.03 Å². The highest BCUT2D eigenvalue weighted by Gasteiger charge is 2.11. The van der Waals surface area contributed by atoms with Gasteiger partial charge in [0.15, 0.2) is 0 Å². The molecule has 2 aromatic rings. The van der Waals surface area contributed by atoms with E-state index in [9.17, 15) is 4.79 Å². The van der Waals surface area contributed by atoms with Gasteiger partial charge in [-0.25, -0.2) is 4.79 Å². The second-order valence-corrected chi connectivity index (χ2v) is 4.53. The second-order valence-electron chi connectivity index (χ2n) is 4.53. The summed E-state index contributed by atoms with van der Waals surface area (Å²) in [6.45, 7) is 5.77. The summed E-state index contributed by atoms with van der Waals surface area (Å²) >= 11 is 0. The van der Waals surface area contributed by atoms with E-state index in [0.717, 1.165) is 5.56 Å². The van der Waals surface area contributed by atoms with Crippen molar-refractivity contribution in [2.45, 2.75) is 20.3 Å². The Hall–Kier alpha value is -2.37. The van der Waals surface area contributed by atoms with Crippen LogP contribution in [0, 0.1) is 0 Å². The number of benzene rings is 1. The maximum absolute atomic E-state index is 11.8. The Morgan fingerprint density at radius 3 is 2.62 bits per heavy atom. The smallest absolute Gasteiger partial charge is 0.317 e. The minimum Gasteiger partial charge on any atom is -0.339 e. The molecule has 1 heterocycles. The first-order valence-corrected chi connectivity index (χ1v) is 7.15. The van der Waals surface area contributed by atoms with E-state index in [1.54, 1.807) is 4.90 Å². The number of carbonyl (C=O) groups excluding carboxylic acids is 1. The van der Waals surface area contributed by atoms with E-state index >= 15 is 0 Å². The Labute approximate surface area is 124 Å². The first-order valence-electron chi connectivity index (χ1n) is 7.15. The zero-order chi connectivity index (χ0) is 15.1. The fraction of sp³-hybridized carbons (Fsp3) is 0.400. The van der Waals surface area contributed by atoms with Gasteiger partial charge >= 0.3 is 6.03 Å². The number of carbonyl (C=O) groups is 1. The molecule has 0 atom stereocenters. The van der Waals surface area contributed by atoms with Gasteiger partial charge in [-0.15, -0.1) is 0 Å². The molecule has 112 valence electrons. The summed E-state index contributed by atoms with van der Waals surface area (Å²) < 4.78 is 5.19. The normalized spacial score (nSPS) is 10.4. The SMILES string of the molecule is CCN(CC)C(=O)NCCc1nc(-c2ccccc2)no1. The highest BCUT2D eigenvalue weighted by Crippen LogP contribution is 2.14. The average Bonchev–Trinajstić information content (AvgIpc) is 2.98. The zero-order valence-corrected chi connectivity index (χ0v) is 12.4. The Morgan fingerprint density at radius 2 is 1.95 bits per heavy atom. The average molecular weight is 288 g/mol. The van der Waals surface area contributed by atoms with Crippen molar-refractivity contribution >= 4 is 6.03 Å². The number of nitrogens with zero attached hydrogens (tertiary/aromatic N) is 3. The van der Waals surface area contributed by atoms with Crippen LogP contribution in [0.3, 0.4) is 0 Å². The summed E-state index contributed by atoms with van der Waals surface area (Å²) in [5, 5.41) is 6.78. The molecule has 2 rings (SSSR count). The molecule has 0 aliphatic carbocycles. The van der Waals surface area contributed by atoms with Crippen LogP contribution in [-0.4, -0.2) is 40.7 Å². The molecular formula is C15H20N4O2. The summed E-state index contributed by atoms with van der Waals surface area (Å²) in [5.74, 6) is 1.09. The molecule has 0 saturated carbocycles. The van der Waals surface area contributed by atoms with Crippen molar-refractivity contribution in [3.8, 4) is 11.4 Å². The molecule has 6 nitrogen and oxygen atoms in total. The molecule has 0 spiro atoms. The maximum Gasteiger partial charge on any atom is 0.317 e. The quantitative estimate of drug-likeness (QED) is 0.885. The molecule has 2 amide bonds. The first kappa shape index (κ1) is 15.0. The van der Waals surface area contributed by atoms with E-state index in [4.69, 9.17) is 4.52 Å². The van der Waals surface area contributed by atoms with Crippen molar-refractivity contribution in [2.75, 3.05) is 19.6 Å². The molecule has 0 bridgehead atoms. The lowest BCUT2D eigenvalue weighted by Gasteiger charge is -2.18. The van der Waals surface area contributed by atoms with E-state index in [1.807, 2.05) is 44.2 Å². The van der Waals surface area contributed by atoms with Crippen molar-refractivity contribution in [1.29, 1.82) is 0 Å². The van der Waals surface area contributed by atoms with Gasteiger partial charge < -0.3 is 14.7 Å². The van der Waals surface area contributed by atoms with Crippen molar-refractivity contribution in [1.82, 2.24) is 20.4 Å². The van der Waals surface area contributed by atoms with E-state index in [0.29, 0.717) is 37.8 Å². The minimum atomic E-state index is -0.0669. The fourth-order valence-corrected chi connectivity index (χ4v) is 1.96. The van der Waals surface area contributed by atoms with Gasteiger partial charge in [-0.3, -0.25) is 0 Å². The van der Waals surface area contributed by atoms with E-state index in [1.165, 1.54) is 0 Å². The molecule has 6 heteroatoms. The van der Waals surface area contributed by atoms with Gasteiger partial charge in [-0.1, -0.05) is 35.5 Å². The van der Waals surface area contributed by atoms with Crippen LogP contribution in [-0.2, 0) is 6.42 Å². The highest BCUT2D eigenvalue weighted by atomic mass is 16.5. The lowest BCUT2D eigenvalue weighted by Crippen LogP contribution is -2.40. The summed E-state index contributed by atoms with van der Waals surface area (Å²) in [6.07, 6.45) is 0.521. The Balaban J connectivity index is 1.85. The predicted molar refractivity (Wildman–Crippen MR) is 79.8 cm³/mol. The lowest BCUT2D eigenvalue weighted by molar-refractivity contribution is 0.203. The van der Waals surface area contributed by atoms with E-state index < -0.39 is 0 Å². The number of rotatable bonds is 6. The zero-order valence-electron chi connectivity index (χ0n) is 12.4.